The molecule has 82 valence electrons. The Hall–Kier alpha value is -1.09. The molecule has 0 atom stereocenters. The monoisotopic (exact) mass is 220 g/mol. The summed E-state index contributed by atoms with van der Waals surface area (Å²) in [6.07, 6.45) is 0.985. The van der Waals surface area contributed by atoms with Gasteiger partial charge in [0, 0.05) is 11.9 Å². The molecule has 1 N–H and O–H groups in total. The fourth-order valence-electron chi connectivity index (χ4n) is 1.13. The van der Waals surface area contributed by atoms with Crippen LogP contribution in [0, 0.1) is 0 Å². The van der Waals surface area contributed by atoms with Crippen molar-refractivity contribution in [2.45, 2.75) is 26.6 Å². The second-order valence-corrected chi connectivity index (χ2v) is 10.4. The van der Waals surface area contributed by atoms with E-state index in [1.807, 2.05) is 37.3 Å². The zero-order valence-corrected chi connectivity index (χ0v) is 11.0. The predicted molar refractivity (Wildman–Crippen MR) is 71.4 cm³/mol. The highest BCUT2D eigenvalue weighted by molar-refractivity contribution is 6.76. The number of aliphatic imine (C=N–C) groups is 1. The molecule has 0 saturated heterocycles. The molecule has 15 heavy (non-hydrogen) atoms. The summed E-state index contributed by atoms with van der Waals surface area (Å²) in [7, 11) is -1.06. The van der Waals surface area contributed by atoms with Crippen molar-refractivity contribution in [2.75, 3.05) is 11.5 Å². The van der Waals surface area contributed by atoms with Gasteiger partial charge in [-0.3, -0.25) is 4.99 Å². The summed E-state index contributed by atoms with van der Waals surface area (Å²) in [5, 5.41) is 3.29. The van der Waals surface area contributed by atoms with Crippen LogP contribution >= 0.6 is 0 Å². The largest absolute Gasteiger partial charge is 0.344 e. The average molecular weight is 220 g/mol. The van der Waals surface area contributed by atoms with E-state index in [2.05, 4.69) is 30.0 Å². The van der Waals surface area contributed by atoms with Crippen molar-refractivity contribution in [1.29, 1.82) is 0 Å². The molecular weight excluding hydrogens is 200 g/mol. The minimum atomic E-state index is -1.06. The molecule has 0 aliphatic heterocycles. The Kier molecular flexibility index (Phi) is 4.09. The van der Waals surface area contributed by atoms with Crippen molar-refractivity contribution in [3.05, 3.63) is 30.3 Å². The van der Waals surface area contributed by atoms with E-state index in [4.69, 9.17) is 0 Å². The lowest BCUT2D eigenvalue weighted by atomic mass is 10.3. The fraction of sp³-hybridized carbons (Fsp3) is 0.417. The SMILES string of the molecule is CC(=NC[Si](C)(C)C)Nc1ccccc1. The van der Waals surface area contributed by atoms with Gasteiger partial charge in [0.05, 0.1) is 13.9 Å². The van der Waals surface area contributed by atoms with E-state index in [0.29, 0.717) is 0 Å². The molecular formula is C12H20N2Si. The highest BCUT2D eigenvalue weighted by atomic mass is 28.3. The third-order valence-corrected chi connectivity index (χ3v) is 3.00. The Morgan fingerprint density at radius 3 is 2.33 bits per heavy atom. The summed E-state index contributed by atoms with van der Waals surface area (Å²) in [6, 6.07) is 10.2. The van der Waals surface area contributed by atoms with Crippen LogP contribution < -0.4 is 5.32 Å². The highest BCUT2D eigenvalue weighted by Crippen LogP contribution is 2.06. The molecule has 0 unspecified atom stereocenters. The van der Waals surface area contributed by atoms with Gasteiger partial charge in [-0.25, -0.2) is 0 Å². The Bertz CT molecular complexity index is 325. The van der Waals surface area contributed by atoms with E-state index in [9.17, 15) is 0 Å². The van der Waals surface area contributed by atoms with Crippen molar-refractivity contribution in [2.24, 2.45) is 4.99 Å². The van der Waals surface area contributed by atoms with E-state index in [1.54, 1.807) is 0 Å². The number of amidine groups is 1. The number of rotatable bonds is 3. The minimum Gasteiger partial charge on any atom is -0.344 e. The van der Waals surface area contributed by atoms with Crippen LogP contribution in [0.5, 0.6) is 0 Å². The third-order valence-electron chi connectivity index (χ3n) is 1.89. The first kappa shape index (κ1) is 12.0. The summed E-state index contributed by atoms with van der Waals surface area (Å²) in [6.45, 7) is 9.00. The van der Waals surface area contributed by atoms with Crippen LogP contribution in [0.15, 0.2) is 35.3 Å². The molecule has 3 heteroatoms. The second kappa shape index (κ2) is 5.12. The smallest absolute Gasteiger partial charge is 0.0971 e. The first-order chi connectivity index (χ1) is 6.97. The van der Waals surface area contributed by atoms with Crippen molar-refractivity contribution < 1.29 is 0 Å². The molecule has 0 aromatic heterocycles. The van der Waals surface area contributed by atoms with Crippen LogP contribution in [-0.4, -0.2) is 20.1 Å². The number of nitrogens with one attached hydrogen (secondary N) is 1. The van der Waals surface area contributed by atoms with Gasteiger partial charge in [0.15, 0.2) is 0 Å². The van der Waals surface area contributed by atoms with Gasteiger partial charge in [0.1, 0.15) is 0 Å². The molecule has 0 aliphatic rings. The molecule has 0 amide bonds. The maximum absolute atomic E-state index is 4.56. The maximum atomic E-state index is 4.56. The summed E-state index contributed by atoms with van der Waals surface area (Å²) in [5.74, 6) is 1.00. The first-order valence-electron chi connectivity index (χ1n) is 5.30. The Morgan fingerprint density at radius 1 is 1.20 bits per heavy atom. The Morgan fingerprint density at radius 2 is 1.80 bits per heavy atom. The summed E-state index contributed by atoms with van der Waals surface area (Å²) in [5.41, 5.74) is 1.11. The predicted octanol–water partition coefficient (Wildman–Crippen LogP) is 3.39. The normalized spacial score (nSPS) is 12.7. The van der Waals surface area contributed by atoms with Crippen molar-refractivity contribution in [3.8, 4) is 0 Å². The van der Waals surface area contributed by atoms with Gasteiger partial charge >= 0.3 is 0 Å². The lowest BCUT2D eigenvalue weighted by Gasteiger charge is -2.13. The summed E-state index contributed by atoms with van der Waals surface area (Å²) >= 11 is 0. The number of hydrogen-bond donors (Lipinski definition) is 1. The van der Waals surface area contributed by atoms with Crippen LogP contribution in [0.1, 0.15) is 6.92 Å². The van der Waals surface area contributed by atoms with Crippen LogP contribution in [0.2, 0.25) is 19.6 Å². The van der Waals surface area contributed by atoms with Gasteiger partial charge in [0.25, 0.3) is 0 Å². The van der Waals surface area contributed by atoms with Crippen molar-refractivity contribution in [3.63, 3.8) is 0 Å². The second-order valence-electron chi connectivity index (χ2n) is 4.95. The Labute approximate surface area is 93.4 Å². The first-order valence-corrected chi connectivity index (χ1v) is 9.01. The molecule has 0 bridgehead atoms. The molecule has 0 saturated carbocycles. The minimum absolute atomic E-state index is 0.985. The Balaban J connectivity index is 2.53. The van der Waals surface area contributed by atoms with Gasteiger partial charge in [-0.1, -0.05) is 37.8 Å². The lowest BCUT2D eigenvalue weighted by Crippen LogP contribution is -2.26. The van der Waals surface area contributed by atoms with Gasteiger partial charge in [0.2, 0.25) is 0 Å². The summed E-state index contributed by atoms with van der Waals surface area (Å²) in [4.78, 5) is 4.56. The standard InChI is InChI=1S/C12H20N2Si/c1-11(13-10-15(2,3)4)14-12-8-6-5-7-9-12/h5-9H,10H2,1-4H3,(H,13,14). The quantitative estimate of drug-likeness (QED) is 0.471. The van der Waals surface area contributed by atoms with Crippen LogP contribution in [0.4, 0.5) is 5.69 Å². The van der Waals surface area contributed by atoms with E-state index < -0.39 is 8.07 Å². The molecule has 1 aromatic rings. The molecule has 0 radical (unpaired) electrons. The van der Waals surface area contributed by atoms with E-state index >= 15 is 0 Å². The van der Waals surface area contributed by atoms with E-state index in [-0.39, 0.29) is 0 Å². The maximum Gasteiger partial charge on any atom is 0.0971 e. The molecule has 0 spiro atoms. The number of benzene rings is 1. The zero-order valence-electron chi connectivity index (χ0n) is 10.0. The van der Waals surface area contributed by atoms with E-state index in [0.717, 1.165) is 17.7 Å². The van der Waals surface area contributed by atoms with E-state index in [1.165, 1.54) is 0 Å². The highest BCUT2D eigenvalue weighted by Gasteiger charge is 2.11. The molecule has 0 heterocycles. The van der Waals surface area contributed by atoms with Crippen LogP contribution in [0.3, 0.4) is 0 Å². The molecule has 0 aliphatic carbocycles. The third kappa shape index (κ3) is 5.37. The zero-order chi connectivity index (χ0) is 11.3. The number of anilines is 1. The van der Waals surface area contributed by atoms with Crippen molar-refractivity contribution >= 4 is 19.6 Å². The summed E-state index contributed by atoms with van der Waals surface area (Å²) < 4.78 is 0. The number of nitrogens with zero attached hydrogens (tertiary/aromatic N) is 1. The molecule has 1 rings (SSSR count). The lowest BCUT2D eigenvalue weighted by molar-refractivity contribution is 1.26. The molecule has 2 nitrogen and oxygen atoms in total. The fourth-order valence-corrected chi connectivity index (χ4v) is 1.84. The van der Waals surface area contributed by atoms with Gasteiger partial charge in [-0.2, -0.15) is 0 Å². The number of hydrogen-bond acceptors (Lipinski definition) is 1. The number of para-hydroxylation sites is 1. The van der Waals surface area contributed by atoms with Crippen LogP contribution in [0.25, 0.3) is 0 Å². The van der Waals surface area contributed by atoms with Gasteiger partial charge < -0.3 is 5.32 Å². The molecule has 1 aromatic carbocycles. The topological polar surface area (TPSA) is 24.4 Å². The van der Waals surface area contributed by atoms with Gasteiger partial charge in [-0.15, -0.1) is 0 Å². The van der Waals surface area contributed by atoms with Gasteiger partial charge in [-0.05, 0) is 19.1 Å². The average Bonchev–Trinajstić information content (AvgIpc) is 2.15. The van der Waals surface area contributed by atoms with Crippen molar-refractivity contribution in [1.82, 2.24) is 0 Å². The van der Waals surface area contributed by atoms with Crippen LogP contribution in [-0.2, 0) is 0 Å². The molecule has 0 fully saturated rings.